The van der Waals surface area contributed by atoms with Crippen molar-refractivity contribution in [2.45, 2.75) is 22.5 Å². The summed E-state index contributed by atoms with van der Waals surface area (Å²) in [4.78, 5) is 1.02. The van der Waals surface area contributed by atoms with E-state index in [0.29, 0.717) is 0 Å². The molecule has 0 bridgehead atoms. The van der Waals surface area contributed by atoms with E-state index >= 15 is 0 Å². The Kier molecular flexibility index (Phi) is 2.23. The van der Waals surface area contributed by atoms with Gasteiger partial charge >= 0.3 is 0 Å². The van der Waals surface area contributed by atoms with Crippen molar-refractivity contribution in [3.8, 4) is 6.07 Å². The van der Waals surface area contributed by atoms with Crippen molar-refractivity contribution >= 4 is 23.4 Å². The number of hydrogen-bond donors (Lipinski definition) is 0. The van der Waals surface area contributed by atoms with E-state index in [1.54, 1.807) is 11.8 Å². The molecule has 0 unspecified atom stereocenters. The van der Waals surface area contributed by atoms with Gasteiger partial charge in [0, 0.05) is 4.90 Å². The van der Waals surface area contributed by atoms with E-state index in [-0.39, 0.29) is 4.75 Å². The Morgan fingerprint density at radius 3 is 2.62 bits per heavy atom. The maximum absolute atomic E-state index is 8.89. The van der Waals surface area contributed by atoms with Crippen LogP contribution in [0, 0.1) is 11.3 Å². The zero-order valence-corrected chi connectivity index (χ0v) is 8.53. The first-order valence-electron chi connectivity index (χ1n) is 4.11. The van der Waals surface area contributed by atoms with Crippen LogP contribution in [0.15, 0.2) is 29.2 Å². The quantitative estimate of drug-likeness (QED) is 0.745. The Balaban J connectivity index is 2.20. The Hall–Kier alpha value is -0.650. The third-order valence-electron chi connectivity index (χ3n) is 2.05. The zero-order valence-electron chi connectivity index (χ0n) is 6.96. The predicted molar refractivity (Wildman–Crippen MR) is 54.9 cm³/mol. The maximum atomic E-state index is 8.89. The van der Waals surface area contributed by atoms with Crippen LogP contribution in [0.3, 0.4) is 0 Å². The molecule has 1 fully saturated rings. The molecule has 0 N–H and O–H groups in total. The van der Waals surface area contributed by atoms with Gasteiger partial charge in [0.15, 0.2) is 0 Å². The SMILES string of the molecule is N#CC1(Sc2ccccc2Cl)CC1. The molecule has 1 aromatic rings. The second-order valence-corrected chi connectivity index (χ2v) is 4.97. The molecule has 0 radical (unpaired) electrons. The lowest BCUT2D eigenvalue weighted by Gasteiger charge is -2.06. The summed E-state index contributed by atoms with van der Waals surface area (Å²) in [6.07, 6.45) is 1.97. The molecule has 2 rings (SSSR count). The van der Waals surface area contributed by atoms with Crippen LogP contribution in [0.25, 0.3) is 0 Å². The van der Waals surface area contributed by atoms with Crippen molar-refractivity contribution in [3.63, 3.8) is 0 Å². The van der Waals surface area contributed by atoms with E-state index in [4.69, 9.17) is 16.9 Å². The molecular formula is C10H8ClNS. The molecule has 1 aliphatic rings. The van der Waals surface area contributed by atoms with Gasteiger partial charge < -0.3 is 0 Å². The van der Waals surface area contributed by atoms with E-state index < -0.39 is 0 Å². The van der Waals surface area contributed by atoms with Crippen molar-refractivity contribution < 1.29 is 0 Å². The maximum Gasteiger partial charge on any atom is 0.107 e. The summed E-state index contributed by atoms with van der Waals surface area (Å²) >= 11 is 7.58. The molecule has 1 saturated carbocycles. The Morgan fingerprint density at radius 2 is 2.08 bits per heavy atom. The number of halogens is 1. The van der Waals surface area contributed by atoms with Gasteiger partial charge in [-0.25, -0.2) is 0 Å². The average Bonchev–Trinajstić information content (AvgIpc) is 2.90. The number of hydrogen-bond acceptors (Lipinski definition) is 2. The smallest absolute Gasteiger partial charge is 0.107 e. The minimum atomic E-state index is -0.176. The summed E-state index contributed by atoms with van der Waals surface area (Å²) in [5.41, 5.74) is 0. The topological polar surface area (TPSA) is 23.8 Å². The van der Waals surface area contributed by atoms with E-state index in [0.717, 1.165) is 22.8 Å². The standard InChI is InChI=1S/C10H8ClNS/c11-8-3-1-2-4-9(8)13-10(7-12)5-6-10/h1-4H,5-6H2. The van der Waals surface area contributed by atoms with Crippen LogP contribution >= 0.6 is 23.4 Å². The summed E-state index contributed by atoms with van der Waals surface area (Å²) in [5.74, 6) is 0. The lowest BCUT2D eigenvalue weighted by Crippen LogP contribution is -1.96. The normalized spacial score (nSPS) is 17.8. The van der Waals surface area contributed by atoms with Crippen LogP contribution in [-0.4, -0.2) is 4.75 Å². The molecule has 1 nitrogen and oxygen atoms in total. The van der Waals surface area contributed by atoms with Crippen molar-refractivity contribution in [1.82, 2.24) is 0 Å². The molecule has 0 spiro atoms. The van der Waals surface area contributed by atoms with Gasteiger partial charge in [-0.15, -0.1) is 11.8 Å². The minimum absolute atomic E-state index is 0.176. The van der Waals surface area contributed by atoms with Crippen LogP contribution < -0.4 is 0 Å². The second kappa shape index (κ2) is 3.25. The first-order valence-corrected chi connectivity index (χ1v) is 5.30. The van der Waals surface area contributed by atoms with Crippen LogP contribution in [0.4, 0.5) is 0 Å². The highest BCUT2D eigenvalue weighted by molar-refractivity contribution is 8.01. The molecule has 1 aromatic carbocycles. The number of benzene rings is 1. The van der Waals surface area contributed by atoms with Crippen molar-refractivity contribution in [2.24, 2.45) is 0 Å². The Morgan fingerprint density at radius 1 is 1.38 bits per heavy atom. The van der Waals surface area contributed by atoms with Crippen molar-refractivity contribution in [2.75, 3.05) is 0 Å². The third kappa shape index (κ3) is 1.82. The molecule has 1 aliphatic carbocycles. The van der Waals surface area contributed by atoms with Gasteiger partial charge in [0.05, 0.1) is 11.1 Å². The van der Waals surface area contributed by atoms with E-state index in [9.17, 15) is 0 Å². The fraction of sp³-hybridized carbons (Fsp3) is 0.300. The molecule has 3 heteroatoms. The summed E-state index contributed by atoms with van der Waals surface area (Å²) in [6.45, 7) is 0. The first kappa shape index (κ1) is 8.93. The molecule has 0 amide bonds. The Bertz CT molecular complexity index is 365. The fourth-order valence-electron chi connectivity index (χ4n) is 1.09. The van der Waals surface area contributed by atoms with Crippen molar-refractivity contribution in [3.05, 3.63) is 29.3 Å². The summed E-state index contributed by atoms with van der Waals surface area (Å²) in [6, 6.07) is 10.0. The lowest BCUT2D eigenvalue weighted by atomic mass is 10.4. The molecule has 66 valence electrons. The highest BCUT2D eigenvalue weighted by atomic mass is 35.5. The number of nitrogens with zero attached hydrogens (tertiary/aromatic N) is 1. The van der Waals surface area contributed by atoms with Crippen LogP contribution in [0.1, 0.15) is 12.8 Å². The van der Waals surface area contributed by atoms with E-state index in [2.05, 4.69) is 6.07 Å². The predicted octanol–water partition coefficient (Wildman–Crippen LogP) is 3.49. The first-order chi connectivity index (χ1) is 6.26. The van der Waals surface area contributed by atoms with Gasteiger partial charge in [-0.3, -0.25) is 0 Å². The highest BCUT2D eigenvalue weighted by Gasteiger charge is 2.44. The number of nitriles is 1. The van der Waals surface area contributed by atoms with Crippen molar-refractivity contribution in [1.29, 1.82) is 5.26 Å². The average molecular weight is 210 g/mol. The van der Waals surface area contributed by atoms with Gasteiger partial charge in [-0.05, 0) is 25.0 Å². The Labute approximate surface area is 86.7 Å². The molecule has 0 aliphatic heterocycles. The number of rotatable bonds is 2. The summed E-state index contributed by atoms with van der Waals surface area (Å²) in [5, 5.41) is 9.64. The summed E-state index contributed by atoms with van der Waals surface area (Å²) < 4.78 is -0.176. The highest BCUT2D eigenvalue weighted by Crippen LogP contribution is 2.52. The monoisotopic (exact) mass is 209 g/mol. The van der Waals surface area contributed by atoms with Crippen LogP contribution in [0.5, 0.6) is 0 Å². The van der Waals surface area contributed by atoms with Crippen LogP contribution in [-0.2, 0) is 0 Å². The molecule has 13 heavy (non-hydrogen) atoms. The van der Waals surface area contributed by atoms with Gasteiger partial charge in [0.1, 0.15) is 4.75 Å². The lowest BCUT2D eigenvalue weighted by molar-refractivity contribution is 1.19. The van der Waals surface area contributed by atoms with Gasteiger partial charge in [-0.2, -0.15) is 5.26 Å². The van der Waals surface area contributed by atoms with Gasteiger partial charge in [0.25, 0.3) is 0 Å². The minimum Gasteiger partial charge on any atom is -0.197 e. The van der Waals surface area contributed by atoms with E-state index in [1.165, 1.54) is 0 Å². The summed E-state index contributed by atoms with van der Waals surface area (Å²) in [7, 11) is 0. The fourth-order valence-corrected chi connectivity index (χ4v) is 2.42. The second-order valence-electron chi connectivity index (χ2n) is 3.14. The molecule has 0 saturated heterocycles. The molecular weight excluding hydrogens is 202 g/mol. The van der Waals surface area contributed by atoms with Gasteiger partial charge in [0.2, 0.25) is 0 Å². The largest absolute Gasteiger partial charge is 0.197 e. The van der Waals surface area contributed by atoms with E-state index in [1.807, 2.05) is 24.3 Å². The molecule has 0 aromatic heterocycles. The third-order valence-corrected chi connectivity index (χ3v) is 3.96. The zero-order chi connectivity index (χ0) is 9.31. The molecule has 0 atom stereocenters. The number of thioether (sulfide) groups is 1. The van der Waals surface area contributed by atoms with Gasteiger partial charge in [-0.1, -0.05) is 23.7 Å². The van der Waals surface area contributed by atoms with Crippen LogP contribution in [0.2, 0.25) is 5.02 Å². The molecule has 0 heterocycles.